The number of hydrogen-bond donors (Lipinski definition) is 2. The monoisotopic (exact) mass is 252 g/mol. The minimum absolute atomic E-state index is 0.554. The smallest absolute Gasteiger partial charge is 0.0390 e. The van der Waals surface area contributed by atoms with Crippen LogP contribution in [0.15, 0.2) is 66.4 Å². The Labute approximate surface area is 114 Å². The summed E-state index contributed by atoms with van der Waals surface area (Å²) in [4.78, 5) is 0. The topological polar surface area (TPSA) is 38.0 Å². The molecule has 0 aromatic heterocycles. The van der Waals surface area contributed by atoms with Gasteiger partial charge in [0.2, 0.25) is 0 Å². The van der Waals surface area contributed by atoms with Gasteiger partial charge in [0.1, 0.15) is 0 Å². The van der Waals surface area contributed by atoms with Crippen molar-refractivity contribution >= 4 is 16.5 Å². The molecule has 0 unspecified atom stereocenters. The Morgan fingerprint density at radius 1 is 1.21 bits per heavy atom. The maximum absolute atomic E-state index is 5.76. The van der Waals surface area contributed by atoms with Crippen LogP contribution in [-0.4, -0.2) is 6.54 Å². The SMILES string of the molecule is C=C/C(Nc1ccc2ccccc2c1)=C(/CC)CN. The molecule has 2 nitrogen and oxygen atoms in total. The zero-order valence-electron chi connectivity index (χ0n) is 11.3. The molecule has 0 aliphatic rings. The van der Waals surface area contributed by atoms with Gasteiger partial charge in [0.05, 0.1) is 0 Å². The van der Waals surface area contributed by atoms with E-state index in [-0.39, 0.29) is 0 Å². The summed E-state index contributed by atoms with van der Waals surface area (Å²) in [6, 6.07) is 14.7. The highest BCUT2D eigenvalue weighted by molar-refractivity contribution is 5.86. The Hall–Kier alpha value is -2.06. The molecule has 0 amide bonds. The minimum atomic E-state index is 0.554. The van der Waals surface area contributed by atoms with E-state index in [2.05, 4.69) is 49.2 Å². The fraction of sp³-hybridized carbons (Fsp3) is 0.176. The van der Waals surface area contributed by atoms with Crippen molar-refractivity contribution in [2.24, 2.45) is 5.73 Å². The molecule has 0 spiro atoms. The Kier molecular flexibility index (Phi) is 4.37. The summed E-state index contributed by atoms with van der Waals surface area (Å²) >= 11 is 0. The van der Waals surface area contributed by atoms with Gasteiger partial charge in [-0.25, -0.2) is 0 Å². The number of hydrogen-bond acceptors (Lipinski definition) is 2. The van der Waals surface area contributed by atoms with Crippen molar-refractivity contribution in [3.8, 4) is 0 Å². The quantitative estimate of drug-likeness (QED) is 0.787. The molecule has 0 fully saturated rings. The van der Waals surface area contributed by atoms with Crippen molar-refractivity contribution in [2.45, 2.75) is 13.3 Å². The molecule has 0 saturated carbocycles. The maximum Gasteiger partial charge on any atom is 0.0390 e. The van der Waals surface area contributed by atoms with Gasteiger partial charge in [-0.15, -0.1) is 0 Å². The second kappa shape index (κ2) is 6.21. The van der Waals surface area contributed by atoms with Crippen molar-refractivity contribution in [3.63, 3.8) is 0 Å². The van der Waals surface area contributed by atoms with Crippen LogP contribution in [0, 0.1) is 0 Å². The average Bonchev–Trinajstić information content (AvgIpc) is 2.47. The largest absolute Gasteiger partial charge is 0.356 e. The van der Waals surface area contributed by atoms with E-state index in [1.807, 2.05) is 18.2 Å². The number of nitrogens with two attached hydrogens (primary N) is 1. The zero-order chi connectivity index (χ0) is 13.7. The van der Waals surface area contributed by atoms with E-state index >= 15 is 0 Å². The first-order valence-electron chi connectivity index (χ1n) is 6.58. The standard InChI is InChI=1S/C17H20N2/c1-3-13(12-18)17(4-2)19-16-10-9-14-7-5-6-8-15(14)11-16/h4-11,19H,2-3,12,18H2,1H3/b17-13+. The number of benzene rings is 2. The normalized spacial score (nSPS) is 12.1. The van der Waals surface area contributed by atoms with Gasteiger partial charge in [-0.2, -0.15) is 0 Å². The summed E-state index contributed by atoms with van der Waals surface area (Å²) in [7, 11) is 0. The average molecular weight is 252 g/mol. The van der Waals surface area contributed by atoms with Crippen molar-refractivity contribution in [3.05, 3.63) is 66.4 Å². The third-order valence-electron chi connectivity index (χ3n) is 3.29. The second-order valence-electron chi connectivity index (χ2n) is 4.47. The van der Waals surface area contributed by atoms with Gasteiger partial charge in [0.25, 0.3) is 0 Å². The van der Waals surface area contributed by atoms with Gasteiger partial charge >= 0.3 is 0 Å². The van der Waals surface area contributed by atoms with Crippen LogP contribution in [0.4, 0.5) is 5.69 Å². The summed E-state index contributed by atoms with van der Waals surface area (Å²) < 4.78 is 0. The van der Waals surface area contributed by atoms with Crippen LogP contribution in [0.2, 0.25) is 0 Å². The molecule has 0 aliphatic carbocycles. The van der Waals surface area contributed by atoms with Gasteiger partial charge < -0.3 is 11.1 Å². The first kappa shape index (κ1) is 13.4. The van der Waals surface area contributed by atoms with Gasteiger partial charge in [-0.3, -0.25) is 0 Å². The molecule has 0 saturated heterocycles. The van der Waals surface area contributed by atoms with Gasteiger partial charge in [0, 0.05) is 17.9 Å². The van der Waals surface area contributed by atoms with Crippen molar-refractivity contribution in [2.75, 3.05) is 11.9 Å². The van der Waals surface area contributed by atoms with Crippen LogP contribution in [0.1, 0.15) is 13.3 Å². The minimum Gasteiger partial charge on any atom is -0.356 e. The molecule has 2 aromatic rings. The predicted molar refractivity (Wildman–Crippen MR) is 84.1 cm³/mol. The Bertz CT molecular complexity index is 605. The fourth-order valence-electron chi connectivity index (χ4n) is 2.15. The van der Waals surface area contributed by atoms with Crippen molar-refractivity contribution in [1.29, 1.82) is 0 Å². The van der Waals surface area contributed by atoms with E-state index in [0.717, 1.165) is 17.8 Å². The number of rotatable bonds is 5. The van der Waals surface area contributed by atoms with Gasteiger partial charge in [-0.05, 0) is 41.0 Å². The highest BCUT2D eigenvalue weighted by atomic mass is 14.9. The van der Waals surface area contributed by atoms with Crippen molar-refractivity contribution < 1.29 is 0 Å². The Balaban J connectivity index is 2.34. The van der Waals surface area contributed by atoms with Crippen LogP contribution in [0.5, 0.6) is 0 Å². The fourth-order valence-corrected chi connectivity index (χ4v) is 2.15. The molecule has 98 valence electrons. The molecule has 2 rings (SSSR count). The van der Waals surface area contributed by atoms with Gasteiger partial charge in [0.15, 0.2) is 0 Å². The molecule has 0 radical (unpaired) electrons. The molecule has 0 heterocycles. The molecule has 2 heteroatoms. The van der Waals surface area contributed by atoms with E-state index in [1.54, 1.807) is 0 Å². The summed E-state index contributed by atoms with van der Waals surface area (Å²) in [5.41, 5.74) is 9.02. The maximum atomic E-state index is 5.76. The van der Waals surface area contributed by atoms with E-state index in [0.29, 0.717) is 6.54 Å². The molecule has 19 heavy (non-hydrogen) atoms. The summed E-state index contributed by atoms with van der Waals surface area (Å²) in [6.07, 6.45) is 2.76. The first-order valence-corrected chi connectivity index (χ1v) is 6.58. The van der Waals surface area contributed by atoms with Crippen LogP contribution in [0.25, 0.3) is 10.8 Å². The summed E-state index contributed by atoms with van der Waals surface area (Å²) in [5.74, 6) is 0. The Morgan fingerprint density at radius 2 is 1.95 bits per heavy atom. The highest BCUT2D eigenvalue weighted by Crippen LogP contribution is 2.21. The Morgan fingerprint density at radius 3 is 2.58 bits per heavy atom. The number of allylic oxidation sites excluding steroid dienone is 1. The van der Waals surface area contributed by atoms with E-state index in [4.69, 9.17) is 5.73 Å². The molecule has 0 atom stereocenters. The molecular weight excluding hydrogens is 232 g/mol. The lowest BCUT2D eigenvalue weighted by molar-refractivity contribution is 0.988. The molecule has 0 bridgehead atoms. The third-order valence-corrected chi connectivity index (χ3v) is 3.29. The lowest BCUT2D eigenvalue weighted by Crippen LogP contribution is -2.09. The number of nitrogens with one attached hydrogen (secondary N) is 1. The molecular formula is C17H20N2. The number of fused-ring (bicyclic) bond motifs is 1. The van der Waals surface area contributed by atoms with Crippen LogP contribution < -0.4 is 11.1 Å². The molecule has 2 aromatic carbocycles. The molecule has 3 N–H and O–H groups in total. The van der Waals surface area contributed by atoms with Gasteiger partial charge in [-0.1, -0.05) is 43.8 Å². The van der Waals surface area contributed by atoms with Crippen molar-refractivity contribution in [1.82, 2.24) is 0 Å². The van der Waals surface area contributed by atoms with Crippen LogP contribution in [0.3, 0.4) is 0 Å². The van der Waals surface area contributed by atoms with E-state index < -0.39 is 0 Å². The summed E-state index contributed by atoms with van der Waals surface area (Å²) in [5, 5.41) is 5.87. The van der Waals surface area contributed by atoms with E-state index in [9.17, 15) is 0 Å². The molecule has 0 aliphatic heterocycles. The highest BCUT2D eigenvalue weighted by Gasteiger charge is 2.02. The number of anilines is 1. The lowest BCUT2D eigenvalue weighted by atomic mass is 10.1. The first-order chi connectivity index (χ1) is 9.28. The van der Waals surface area contributed by atoms with Crippen LogP contribution >= 0.6 is 0 Å². The lowest BCUT2D eigenvalue weighted by Gasteiger charge is -2.13. The zero-order valence-corrected chi connectivity index (χ0v) is 11.3. The summed E-state index contributed by atoms with van der Waals surface area (Å²) in [6.45, 7) is 6.52. The third kappa shape index (κ3) is 3.04. The predicted octanol–water partition coefficient (Wildman–Crippen LogP) is 4.06. The second-order valence-corrected chi connectivity index (χ2v) is 4.47. The van der Waals surface area contributed by atoms with Crippen LogP contribution in [-0.2, 0) is 0 Å². The van der Waals surface area contributed by atoms with E-state index in [1.165, 1.54) is 16.3 Å².